The van der Waals surface area contributed by atoms with Gasteiger partial charge in [-0.15, -0.1) is 12.4 Å². The Morgan fingerprint density at radius 1 is 1.58 bits per heavy atom. The molecule has 1 aromatic carbocycles. The van der Waals surface area contributed by atoms with Gasteiger partial charge in [0.25, 0.3) is 5.69 Å². The number of ether oxygens (including phenoxy) is 1. The summed E-state index contributed by atoms with van der Waals surface area (Å²) in [5, 5.41) is 10.8. The number of halogens is 2. The first-order valence-electron chi connectivity index (χ1n) is 5.30. The fourth-order valence-electron chi connectivity index (χ4n) is 1.42. The third-order valence-electron chi connectivity index (χ3n) is 2.29. The number of nitrogens with two attached hydrogens (primary N) is 1. The van der Waals surface area contributed by atoms with E-state index in [4.69, 9.17) is 10.5 Å². The fourth-order valence-corrected chi connectivity index (χ4v) is 1.81. The molecule has 1 atom stereocenters. The summed E-state index contributed by atoms with van der Waals surface area (Å²) in [5.74, 6) is -0.421. The molecule has 0 aliphatic carbocycles. The Balaban J connectivity index is 0.00000324. The number of rotatable bonds is 5. The predicted molar refractivity (Wildman–Crippen MR) is 76.2 cm³/mol. The second kappa shape index (κ2) is 8.08. The maximum atomic E-state index is 11.3. The summed E-state index contributed by atoms with van der Waals surface area (Å²) in [7, 11) is 0. The minimum atomic E-state index is -0.615. The lowest BCUT2D eigenvalue weighted by atomic mass is 10.0. The van der Waals surface area contributed by atoms with Gasteiger partial charge in [-0.05, 0) is 34.5 Å². The van der Waals surface area contributed by atoms with E-state index in [1.807, 2.05) is 0 Å². The van der Waals surface area contributed by atoms with Crippen molar-refractivity contribution >= 4 is 40.0 Å². The number of nitrogens with zero attached hydrogens (tertiary/aromatic N) is 1. The van der Waals surface area contributed by atoms with E-state index in [0.717, 1.165) is 0 Å². The van der Waals surface area contributed by atoms with Crippen molar-refractivity contribution in [1.82, 2.24) is 0 Å². The Labute approximate surface area is 125 Å². The Kier molecular flexibility index (Phi) is 7.58. The normalized spacial score (nSPS) is 11.3. The quantitative estimate of drug-likeness (QED) is 0.499. The number of carbonyl (C=O) groups excluding carboxylic acids is 1. The van der Waals surface area contributed by atoms with Crippen molar-refractivity contribution in [2.45, 2.75) is 19.4 Å². The number of benzene rings is 1. The van der Waals surface area contributed by atoms with Gasteiger partial charge in [0.05, 0.1) is 22.4 Å². The van der Waals surface area contributed by atoms with Gasteiger partial charge < -0.3 is 10.5 Å². The third-order valence-corrected chi connectivity index (χ3v) is 2.96. The third kappa shape index (κ3) is 5.14. The summed E-state index contributed by atoms with van der Waals surface area (Å²) in [6.07, 6.45) is -0.00731. The number of esters is 1. The van der Waals surface area contributed by atoms with Gasteiger partial charge in [-0.3, -0.25) is 14.9 Å². The van der Waals surface area contributed by atoms with Crippen LogP contribution in [0.25, 0.3) is 0 Å². The summed E-state index contributed by atoms with van der Waals surface area (Å²) in [6.45, 7) is 1.99. The van der Waals surface area contributed by atoms with Crippen molar-refractivity contribution in [3.05, 3.63) is 38.3 Å². The van der Waals surface area contributed by atoms with E-state index >= 15 is 0 Å². The summed E-state index contributed by atoms with van der Waals surface area (Å²) in [6, 6.07) is 3.92. The van der Waals surface area contributed by atoms with Crippen LogP contribution in [0.15, 0.2) is 22.7 Å². The van der Waals surface area contributed by atoms with Crippen molar-refractivity contribution < 1.29 is 14.5 Å². The first-order valence-corrected chi connectivity index (χ1v) is 6.10. The van der Waals surface area contributed by atoms with E-state index in [0.29, 0.717) is 10.0 Å². The van der Waals surface area contributed by atoms with Crippen molar-refractivity contribution in [3.63, 3.8) is 0 Å². The number of carbonyl (C=O) groups is 1. The van der Waals surface area contributed by atoms with Crippen LogP contribution in [0.3, 0.4) is 0 Å². The van der Waals surface area contributed by atoms with Gasteiger partial charge >= 0.3 is 5.97 Å². The average Bonchev–Trinajstić information content (AvgIpc) is 2.29. The van der Waals surface area contributed by atoms with Crippen LogP contribution in [0, 0.1) is 10.1 Å². The van der Waals surface area contributed by atoms with Crippen LogP contribution >= 0.6 is 28.3 Å². The van der Waals surface area contributed by atoms with Crippen LogP contribution in [0.2, 0.25) is 0 Å². The number of hydrogen-bond donors (Lipinski definition) is 1. The largest absolute Gasteiger partial charge is 0.466 e. The van der Waals surface area contributed by atoms with Gasteiger partial charge in [0.15, 0.2) is 0 Å². The monoisotopic (exact) mass is 352 g/mol. The van der Waals surface area contributed by atoms with Gasteiger partial charge in [-0.25, -0.2) is 0 Å². The molecule has 1 rings (SSSR count). The Hall–Kier alpha value is -1.18. The molecule has 0 bridgehead atoms. The Bertz CT molecular complexity index is 470. The fraction of sp³-hybridized carbons (Fsp3) is 0.364. The molecule has 0 amide bonds. The van der Waals surface area contributed by atoms with Crippen molar-refractivity contribution in [1.29, 1.82) is 0 Å². The topological polar surface area (TPSA) is 95.5 Å². The van der Waals surface area contributed by atoms with Crippen molar-refractivity contribution in [2.75, 3.05) is 6.61 Å². The SMILES string of the molecule is CCOC(=O)C[C@H](N)c1ccc(Br)c([N+](=O)[O-])c1.Cl. The number of nitro benzene ring substituents is 1. The van der Waals surface area contributed by atoms with E-state index in [1.165, 1.54) is 6.07 Å². The van der Waals surface area contributed by atoms with Crippen LogP contribution in [-0.4, -0.2) is 17.5 Å². The Morgan fingerprint density at radius 2 is 2.21 bits per heavy atom. The zero-order valence-corrected chi connectivity index (χ0v) is 12.6. The van der Waals surface area contributed by atoms with Gasteiger partial charge in [-0.1, -0.05) is 6.07 Å². The highest BCUT2D eigenvalue weighted by Crippen LogP contribution is 2.28. The maximum Gasteiger partial charge on any atom is 0.307 e. The lowest BCUT2D eigenvalue weighted by Crippen LogP contribution is -2.17. The van der Waals surface area contributed by atoms with Gasteiger partial charge in [-0.2, -0.15) is 0 Å². The molecule has 0 aromatic heterocycles. The highest BCUT2D eigenvalue weighted by molar-refractivity contribution is 9.10. The number of nitro groups is 1. The highest BCUT2D eigenvalue weighted by atomic mass is 79.9. The minimum absolute atomic E-state index is 0. The molecular formula is C11H14BrClN2O4. The molecule has 1 aromatic rings. The van der Waals surface area contributed by atoms with Gasteiger partial charge in [0, 0.05) is 12.1 Å². The summed E-state index contributed by atoms with van der Waals surface area (Å²) < 4.78 is 5.15. The number of hydrogen-bond acceptors (Lipinski definition) is 5. The lowest BCUT2D eigenvalue weighted by molar-refractivity contribution is -0.385. The van der Waals surface area contributed by atoms with E-state index in [-0.39, 0.29) is 31.1 Å². The van der Waals surface area contributed by atoms with Crippen LogP contribution < -0.4 is 5.73 Å². The minimum Gasteiger partial charge on any atom is -0.466 e. The van der Waals surface area contributed by atoms with E-state index < -0.39 is 16.9 Å². The predicted octanol–water partition coefficient (Wildman–Crippen LogP) is 2.73. The average molecular weight is 354 g/mol. The van der Waals surface area contributed by atoms with Crippen LogP contribution in [0.5, 0.6) is 0 Å². The molecule has 0 unspecified atom stereocenters. The first kappa shape index (κ1) is 17.8. The van der Waals surface area contributed by atoms with Gasteiger partial charge in [0.1, 0.15) is 0 Å². The molecule has 19 heavy (non-hydrogen) atoms. The molecule has 0 saturated carbocycles. The standard InChI is InChI=1S/C11H13BrN2O4.ClH/c1-2-18-11(15)6-9(13)7-3-4-8(12)10(5-7)14(16)17;/h3-5,9H,2,6,13H2,1H3;1H/t9-;/m0./s1. The molecule has 8 heteroatoms. The highest BCUT2D eigenvalue weighted by Gasteiger charge is 2.18. The van der Waals surface area contributed by atoms with E-state index in [2.05, 4.69) is 15.9 Å². The Morgan fingerprint density at radius 3 is 2.74 bits per heavy atom. The van der Waals surface area contributed by atoms with Crippen molar-refractivity contribution in [2.24, 2.45) is 5.73 Å². The van der Waals surface area contributed by atoms with Crippen LogP contribution in [0.4, 0.5) is 5.69 Å². The molecule has 0 aliphatic rings. The molecule has 2 N–H and O–H groups in total. The second-order valence-corrected chi connectivity index (χ2v) is 4.44. The van der Waals surface area contributed by atoms with Crippen molar-refractivity contribution in [3.8, 4) is 0 Å². The summed E-state index contributed by atoms with van der Waals surface area (Å²) in [5.41, 5.74) is 6.26. The molecule has 6 nitrogen and oxygen atoms in total. The van der Waals surface area contributed by atoms with Crippen LogP contribution in [0.1, 0.15) is 24.9 Å². The first-order chi connectivity index (χ1) is 8.45. The maximum absolute atomic E-state index is 11.3. The molecule has 0 heterocycles. The lowest BCUT2D eigenvalue weighted by Gasteiger charge is -2.11. The van der Waals surface area contributed by atoms with Gasteiger partial charge in [0.2, 0.25) is 0 Å². The molecule has 0 saturated heterocycles. The molecular weight excluding hydrogens is 339 g/mol. The molecule has 0 spiro atoms. The summed E-state index contributed by atoms with van der Waals surface area (Å²) in [4.78, 5) is 21.5. The zero-order valence-electron chi connectivity index (χ0n) is 10.2. The zero-order chi connectivity index (χ0) is 13.7. The molecule has 106 valence electrons. The summed E-state index contributed by atoms with van der Waals surface area (Å²) >= 11 is 3.08. The molecule has 0 radical (unpaired) electrons. The van der Waals surface area contributed by atoms with Crippen LogP contribution in [-0.2, 0) is 9.53 Å². The van der Waals surface area contributed by atoms with E-state index in [1.54, 1.807) is 19.1 Å². The second-order valence-electron chi connectivity index (χ2n) is 3.58. The molecule has 0 aliphatic heterocycles. The van der Waals surface area contributed by atoms with E-state index in [9.17, 15) is 14.9 Å². The smallest absolute Gasteiger partial charge is 0.307 e. The molecule has 0 fully saturated rings.